The first-order valence-electron chi connectivity index (χ1n) is 5.40. The Balaban J connectivity index is 2.51. The number of hydrogen-bond acceptors (Lipinski definition) is 2. The lowest BCUT2D eigenvalue weighted by Gasteiger charge is -2.15. The quantitative estimate of drug-likeness (QED) is 0.839. The fraction of sp³-hybridized carbons (Fsp3) is 0.583. The van der Waals surface area contributed by atoms with Gasteiger partial charge in [-0.05, 0) is 30.4 Å². The van der Waals surface area contributed by atoms with Gasteiger partial charge in [-0.3, -0.25) is 4.98 Å². The van der Waals surface area contributed by atoms with Crippen molar-refractivity contribution in [3.05, 3.63) is 29.0 Å². The standard InChI is InChI=1S/C12H18ClNO/c1-3-9(2)6-11(15)7-10-4-5-14-8-12(10)13/h4-5,8-9,11,15H,3,6-7H2,1-2H3. The number of halogens is 1. The van der Waals surface area contributed by atoms with E-state index in [1.54, 1.807) is 12.4 Å². The highest BCUT2D eigenvalue weighted by molar-refractivity contribution is 6.31. The predicted molar refractivity (Wildman–Crippen MR) is 63.0 cm³/mol. The molecule has 15 heavy (non-hydrogen) atoms. The minimum absolute atomic E-state index is 0.306. The highest BCUT2D eigenvalue weighted by Gasteiger charge is 2.11. The first kappa shape index (κ1) is 12.5. The van der Waals surface area contributed by atoms with Crippen molar-refractivity contribution in [3.8, 4) is 0 Å². The summed E-state index contributed by atoms with van der Waals surface area (Å²) in [6.07, 6.45) is 5.56. The molecular weight excluding hydrogens is 210 g/mol. The molecule has 1 aromatic rings. The normalized spacial score (nSPS) is 14.9. The van der Waals surface area contributed by atoms with Crippen LogP contribution in [-0.4, -0.2) is 16.2 Å². The second-order valence-electron chi connectivity index (χ2n) is 4.07. The van der Waals surface area contributed by atoms with Gasteiger partial charge in [-0.15, -0.1) is 0 Å². The maximum absolute atomic E-state index is 9.85. The smallest absolute Gasteiger partial charge is 0.0622 e. The number of aromatic nitrogens is 1. The van der Waals surface area contributed by atoms with Gasteiger partial charge in [0.05, 0.1) is 11.1 Å². The molecule has 0 bridgehead atoms. The molecule has 1 heterocycles. The Morgan fingerprint density at radius 2 is 2.27 bits per heavy atom. The van der Waals surface area contributed by atoms with Crippen molar-refractivity contribution >= 4 is 11.6 Å². The van der Waals surface area contributed by atoms with E-state index in [0.717, 1.165) is 18.4 Å². The maximum atomic E-state index is 9.85. The van der Waals surface area contributed by atoms with Crippen LogP contribution in [0.3, 0.4) is 0 Å². The van der Waals surface area contributed by atoms with Crippen LogP contribution in [0, 0.1) is 5.92 Å². The van der Waals surface area contributed by atoms with Crippen LogP contribution in [-0.2, 0) is 6.42 Å². The molecule has 0 aliphatic heterocycles. The summed E-state index contributed by atoms with van der Waals surface area (Å²) in [7, 11) is 0. The molecule has 2 unspecified atom stereocenters. The third kappa shape index (κ3) is 4.18. The average molecular weight is 228 g/mol. The Morgan fingerprint density at radius 1 is 1.53 bits per heavy atom. The van der Waals surface area contributed by atoms with Gasteiger partial charge >= 0.3 is 0 Å². The zero-order valence-corrected chi connectivity index (χ0v) is 10.0. The fourth-order valence-corrected chi connectivity index (χ4v) is 1.73. The van der Waals surface area contributed by atoms with E-state index in [1.165, 1.54) is 0 Å². The number of aliphatic hydroxyl groups excluding tert-OH is 1. The summed E-state index contributed by atoms with van der Waals surface area (Å²) in [6, 6.07) is 1.86. The van der Waals surface area contributed by atoms with Gasteiger partial charge in [-0.25, -0.2) is 0 Å². The van der Waals surface area contributed by atoms with E-state index in [0.29, 0.717) is 17.4 Å². The Kier molecular flexibility index (Phi) is 5.06. The third-order valence-electron chi connectivity index (χ3n) is 2.68. The van der Waals surface area contributed by atoms with Crippen molar-refractivity contribution in [3.63, 3.8) is 0 Å². The second-order valence-corrected chi connectivity index (χ2v) is 4.48. The molecule has 0 aliphatic carbocycles. The van der Waals surface area contributed by atoms with Crippen molar-refractivity contribution in [1.29, 1.82) is 0 Å². The van der Waals surface area contributed by atoms with Crippen LogP contribution >= 0.6 is 11.6 Å². The van der Waals surface area contributed by atoms with Crippen LogP contribution in [0.4, 0.5) is 0 Å². The largest absolute Gasteiger partial charge is 0.393 e. The molecule has 0 radical (unpaired) electrons. The molecule has 0 fully saturated rings. The molecule has 0 aliphatic rings. The summed E-state index contributed by atoms with van der Waals surface area (Å²) in [5.41, 5.74) is 0.975. The number of pyridine rings is 1. The van der Waals surface area contributed by atoms with Gasteiger partial charge in [0, 0.05) is 12.4 Å². The molecule has 2 atom stereocenters. The minimum atomic E-state index is -0.306. The minimum Gasteiger partial charge on any atom is -0.393 e. The van der Waals surface area contributed by atoms with Gasteiger partial charge in [-0.1, -0.05) is 31.9 Å². The van der Waals surface area contributed by atoms with Crippen molar-refractivity contribution in [2.24, 2.45) is 5.92 Å². The second kappa shape index (κ2) is 6.09. The summed E-state index contributed by atoms with van der Waals surface area (Å²) in [5, 5.41) is 10.5. The summed E-state index contributed by atoms with van der Waals surface area (Å²) in [6.45, 7) is 4.29. The van der Waals surface area contributed by atoms with Crippen LogP contribution in [0.25, 0.3) is 0 Å². The highest BCUT2D eigenvalue weighted by atomic mass is 35.5. The molecule has 1 rings (SSSR count). The molecule has 0 aromatic carbocycles. The van der Waals surface area contributed by atoms with E-state index in [1.807, 2.05) is 6.07 Å². The number of hydrogen-bond donors (Lipinski definition) is 1. The Bertz CT molecular complexity index is 303. The van der Waals surface area contributed by atoms with Crippen LogP contribution in [0.1, 0.15) is 32.3 Å². The van der Waals surface area contributed by atoms with Crippen molar-refractivity contribution in [2.75, 3.05) is 0 Å². The van der Waals surface area contributed by atoms with E-state index in [4.69, 9.17) is 11.6 Å². The predicted octanol–water partition coefficient (Wildman–Crippen LogP) is 3.07. The molecule has 0 amide bonds. The zero-order valence-electron chi connectivity index (χ0n) is 9.28. The molecule has 1 N–H and O–H groups in total. The molecule has 0 saturated heterocycles. The van der Waals surface area contributed by atoms with Crippen molar-refractivity contribution in [1.82, 2.24) is 4.98 Å². The molecule has 84 valence electrons. The number of nitrogens with zero attached hydrogens (tertiary/aromatic N) is 1. The molecule has 0 spiro atoms. The van der Waals surface area contributed by atoms with E-state index in [9.17, 15) is 5.11 Å². The molecular formula is C12H18ClNO. The van der Waals surface area contributed by atoms with E-state index < -0.39 is 0 Å². The van der Waals surface area contributed by atoms with Gasteiger partial charge in [0.15, 0.2) is 0 Å². The molecule has 3 heteroatoms. The monoisotopic (exact) mass is 227 g/mol. The Labute approximate surface area is 96.3 Å². The topological polar surface area (TPSA) is 33.1 Å². The fourth-order valence-electron chi connectivity index (χ4n) is 1.54. The first-order valence-corrected chi connectivity index (χ1v) is 5.77. The summed E-state index contributed by atoms with van der Waals surface area (Å²) < 4.78 is 0. The maximum Gasteiger partial charge on any atom is 0.0622 e. The lowest BCUT2D eigenvalue weighted by Crippen LogP contribution is -2.14. The summed E-state index contributed by atoms with van der Waals surface area (Å²) >= 11 is 5.97. The molecule has 0 saturated carbocycles. The highest BCUT2D eigenvalue weighted by Crippen LogP contribution is 2.18. The molecule has 2 nitrogen and oxygen atoms in total. The van der Waals surface area contributed by atoms with E-state index in [-0.39, 0.29) is 6.10 Å². The lowest BCUT2D eigenvalue weighted by atomic mass is 9.97. The average Bonchev–Trinajstić information content (AvgIpc) is 2.21. The van der Waals surface area contributed by atoms with Gasteiger partial charge in [0.25, 0.3) is 0 Å². The summed E-state index contributed by atoms with van der Waals surface area (Å²) in [4.78, 5) is 3.92. The van der Waals surface area contributed by atoms with Gasteiger partial charge in [-0.2, -0.15) is 0 Å². The third-order valence-corrected chi connectivity index (χ3v) is 3.02. The number of rotatable bonds is 5. The zero-order chi connectivity index (χ0) is 11.3. The van der Waals surface area contributed by atoms with Crippen molar-refractivity contribution < 1.29 is 5.11 Å². The van der Waals surface area contributed by atoms with E-state index in [2.05, 4.69) is 18.8 Å². The SMILES string of the molecule is CCC(C)CC(O)Cc1ccncc1Cl. The number of aliphatic hydroxyl groups is 1. The van der Waals surface area contributed by atoms with Crippen LogP contribution in [0.5, 0.6) is 0 Å². The van der Waals surface area contributed by atoms with Gasteiger partial charge in [0.1, 0.15) is 0 Å². The van der Waals surface area contributed by atoms with Crippen molar-refractivity contribution in [2.45, 2.75) is 39.2 Å². The van der Waals surface area contributed by atoms with Crippen LogP contribution in [0.2, 0.25) is 5.02 Å². The van der Waals surface area contributed by atoms with Crippen LogP contribution in [0.15, 0.2) is 18.5 Å². The van der Waals surface area contributed by atoms with Crippen LogP contribution < -0.4 is 0 Å². The Hall–Kier alpha value is -0.600. The van der Waals surface area contributed by atoms with Gasteiger partial charge < -0.3 is 5.11 Å². The molecule has 1 aromatic heterocycles. The summed E-state index contributed by atoms with van der Waals surface area (Å²) in [5.74, 6) is 0.556. The first-order chi connectivity index (χ1) is 7.13. The van der Waals surface area contributed by atoms with Gasteiger partial charge in [0.2, 0.25) is 0 Å². The Morgan fingerprint density at radius 3 is 2.87 bits per heavy atom. The van der Waals surface area contributed by atoms with E-state index >= 15 is 0 Å². The lowest BCUT2D eigenvalue weighted by molar-refractivity contribution is 0.144.